The van der Waals surface area contributed by atoms with Gasteiger partial charge in [-0.15, -0.1) is 0 Å². The van der Waals surface area contributed by atoms with Crippen LogP contribution in [0, 0.1) is 0 Å². The quantitative estimate of drug-likeness (QED) is 0.357. The molecular formula is C24H32ClNO7. The summed E-state index contributed by atoms with van der Waals surface area (Å²) in [4.78, 5) is 25.9. The number of methoxy groups -OCH3 is 1. The van der Waals surface area contributed by atoms with Crippen molar-refractivity contribution in [1.29, 1.82) is 0 Å². The van der Waals surface area contributed by atoms with E-state index in [9.17, 15) is 9.59 Å². The summed E-state index contributed by atoms with van der Waals surface area (Å²) in [6, 6.07) is 7.05. The molecule has 0 radical (unpaired) electrons. The number of halogens is 1. The van der Waals surface area contributed by atoms with Crippen LogP contribution >= 0.6 is 11.6 Å². The van der Waals surface area contributed by atoms with E-state index in [1.165, 1.54) is 7.11 Å². The fourth-order valence-electron chi connectivity index (χ4n) is 3.63. The van der Waals surface area contributed by atoms with E-state index < -0.39 is 24.1 Å². The number of rotatable bonds is 12. The van der Waals surface area contributed by atoms with Gasteiger partial charge >= 0.3 is 11.9 Å². The van der Waals surface area contributed by atoms with Crippen molar-refractivity contribution in [1.82, 2.24) is 5.32 Å². The van der Waals surface area contributed by atoms with Crippen LogP contribution < -0.4 is 5.32 Å². The average Bonchev–Trinajstić information content (AvgIpc) is 2.79. The highest BCUT2D eigenvalue weighted by Crippen LogP contribution is 2.41. The summed E-state index contributed by atoms with van der Waals surface area (Å²) in [5.41, 5.74) is 2.10. The molecule has 1 aliphatic rings. The molecule has 182 valence electrons. The van der Waals surface area contributed by atoms with Gasteiger partial charge in [-0.2, -0.15) is 0 Å². The summed E-state index contributed by atoms with van der Waals surface area (Å²) in [5, 5.41) is 3.55. The lowest BCUT2D eigenvalue weighted by Gasteiger charge is -2.32. The molecule has 2 rings (SSSR count). The highest BCUT2D eigenvalue weighted by atomic mass is 35.5. The van der Waals surface area contributed by atoms with Crippen molar-refractivity contribution in [3.8, 4) is 0 Å². The SMILES string of the molecule is CCOC(=O)C1=C(COCC(OCC)OCC)NC(C)=C(C(=O)OC)[C@@H]1c1ccccc1Cl. The molecule has 1 N–H and O–H groups in total. The van der Waals surface area contributed by atoms with E-state index in [-0.39, 0.29) is 31.0 Å². The third kappa shape index (κ3) is 6.80. The number of nitrogens with one attached hydrogen (secondary N) is 1. The minimum absolute atomic E-state index is 0.0392. The van der Waals surface area contributed by atoms with Crippen molar-refractivity contribution in [2.75, 3.05) is 40.1 Å². The highest BCUT2D eigenvalue weighted by molar-refractivity contribution is 6.31. The van der Waals surface area contributed by atoms with E-state index in [0.717, 1.165) is 0 Å². The van der Waals surface area contributed by atoms with Gasteiger partial charge in [0.2, 0.25) is 0 Å². The van der Waals surface area contributed by atoms with Gasteiger partial charge in [0.1, 0.15) is 0 Å². The van der Waals surface area contributed by atoms with Crippen LogP contribution in [-0.4, -0.2) is 58.4 Å². The largest absolute Gasteiger partial charge is 0.466 e. The molecule has 0 saturated carbocycles. The zero-order valence-electron chi connectivity index (χ0n) is 19.7. The highest BCUT2D eigenvalue weighted by Gasteiger charge is 2.39. The molecule has 9 heteroatoms. The summed E-state index contributed by atoms with van der Waals surface area (Å²) in [6.07, 6.45) is -0.531. The van der Waals surface area contributed by atoms with Gasteiger partial charge in [0.05, 0.1) is 49.7 Å². The van der Waals surface area contributed by atoms with Crippen LogP contribution in [0.15, 0.2) is 46.8 Å². The molecule has 0 unspecified atom stereocenters. The van der Waals surface area contributed by atoms with E-state index in [0.29, 0.717) is 35.2 Å². The van der Waals surface area contributed by atoms with Crippen LogP contribution in [0.5, 0.6) is 0 Å². The van der Waals surface area contributed by atoms with Gasteiger partial charge in [-0.1, -0.05) is 29.8 Å². The third-order valence-electron chi connectivity index (χ3n) is 4.97. The number of esters is 2. The predicted molar refractivity (Wildman–Crippen MR) is 124 cm³/mol. The van der Waals surface area contributed by atoms with Gasteiger partial charge in [0.15, 0.2) is 6.29 Å². The van der Waals surface area contributed by atoms with Gasteiger partial charge < -0.3 is 29.0 Å². The van der Waals surface area contributed by atoms with E-state index >= 15 is 0 Å². The molecule has 1 atom stereocenters. The zero-order chi connectivity index (χ0) is 24.4. The van der Waals surface area contributed by atoms with Crippen LogP contribution in [0.3, 0.4) is 0 Å². The Morgan fingerprint density at radius 2 is 1.70 bits per heavy atom. The van der Waals surface area contributed by atoms with Crippen LogP contribution in [0.4, 0.5) is 0 Å². The minimum atomic E-state index is -0.792. The first kappa shape index (κ1) is 26.9. The lowest BCUT2D eigenvalue weighted by Crippen LogP contribution is -2.35. The summed E-state index contributed by atoms with van der Waals surface area (Å²) in [6.45, 7) is 8.50. The molecule has 0 saturated heterocycles. The van der Waals surface area contributed by atoms with Crippen LogP contribution in [-0.2, 0) is 33.3 Å². The van der Waals surface area contributed by atoms with E-state index in [4.69, 9.17) is 35.3 Å². The van der Waals surface area contributed by atoms with E-state index in [1.807, 2.05) is 13.8 Å². The van der Waals surface area contributed by atoms with Crippen molar-refractivity contribution in [3.63, 3.8) is 0 Å². The Morgan fingerprint density at radius 1 is 1.03 bits per heavy atom. The Hall–Kier alpha value is -2.39. The second kappa shape index (κ2) is 13.3. The molecule has 1 heterocycles. The van der Waals surface area contributed by atoms with Crippen LogP contribution in [0.2, 0.25) is 5.02 Å². The molecule has 33 heavy (non-hydrogen) atoms. The summed E-state index contributed by atoms with van der Waals surface area (Å²) in [5.74, 6) is -1.94. The van der Waals surface area contributed by atoms with Gasteiger partial charge in [-0.25, -0.2) is 9.59 Å². The number of allylic oxidation sites excluding steroid dienone is 1. The second-order valence-electron chi connectivity index (χ2n) is 7.08. The van der Waals surface area contributed by atoms with Gasteiger partial charge in [0.25, 0.3) is 0 Å². The Labute approximate surface area is 199 Å². The number of hydrogen-bond acceptors (Lipinski definition) is 8. The average molecular weight is 482 g/mol. The van der Waals surface area contributed by atoms with Crippen molar-refractivity contribution in [2.45, 2.75) is 39.9 Å². The Morgan fingerprint density at radius 3 is 2.27 bits per heavy atom. The maximum absolute atomic E-state index is 13.1. The smallest absolute Gasteiger partial charge is 0.336 e. The maximum Gasteiger partial charge on any atom is 0.336 e. The Balaban J connectivity index is 2.51. The van der Waals surface area contributed by atoms with Crippen LogP contribution in [0.25, 0.3) is 0 Å². The molecule has 0 amide bonds. The lowest BCUT2D eigenvalue weighted by molar-refractivity contribution is -0.165. The Bertz CT molecular complexity index is 891. The van der Waals surface area contributed by atoms with Gasteiger partial charge in [-0.3, -0.25) is 0 Å². The minimum Gasteiger partial charge on any atom is -0.466 e. The molecule has 0 aliphatic carbocycles. The molecule has 1 aromatic carbocycles. The van der Waals surface area contributed by atoms with Crippen molar-refractivity contribution in [2.24, 2.45) is 0 Å². The monoisotopic (exact) mass is 481 g/mol. The molecule has 0 aromatic heterocycles. The summed E-state index contributed by atoms with van der Waals surface area (Å²) < 4.78 is 27.2. The number of ether oxygens (including phenoxy) is 5. The number of carbonyl (C=O) groups excluding carboxylic acids is 2. The Kier molecular flexibility index (Phi) is 10.9. The molecule has 0 fully saturated rings. The molecule has 0 bridgehead atoms. The summed E-state index contributed by atoms with van der Waals surface area (Å²) >= 11 is 6.49. The van der Waals surface area contributed by atoms with Crippen molar-refractivity contribution in [3.05, 3.63) is 57.4 Å². The standard InChI is InChI=1S/C24H32ClNO7/c1-6-31-19(32-7-2)14-30-13-18-22(24(28)33-8-3)21(16-11-9-10-12-17(16)25)20(15(4)26-18)23(27)29-5/h9-12,19,21,26H,6-8,13-14H2,1-5H3/t21-/m0/s1. The van der Waals surface area contributed by atoms with Crippen LogP contribution in [0.1, 0.15) is 39.2 Å². The normalized spacial score (nSPS) is 16.2. The first-order valence-corrected chi connectivity index (χ1v) is 11.3. The van der Waals surface area contributed by atoms with Gasteiger partial charge in [-0.05, 0) is 39.3 Å². The molecule has 8 nitrogen and oxygen atoms in total. The maximum atomic E-state index is 13.1. The molecular weight excluding hydrogens is 450 g/mol. The van der Waals surface area contributed by atoms with Crippen molar-refractivity contribution >= 4 is 23.5 Å². The fraction of sp³-hybridized carbons (Fsp3) is 0.500. The molecule has 0 spiro atoms. The van der Waals surface area contributed by atoms with Crippen molar-refractivity contribution < 1.29 is 33.3 Å². The summed E-state index contributed by atoms with van der Waals surface area (Å²) in [7, 11) is 1.29. The first-order chi connectivity index (χ1) is 15.9. The van der Waals surface area contributed by atoms with E-state index in [1.54, 1.807) is 38.1 Å². The third-order valence-corrected chi connectivity index (χ3v) is 5.31. The number of hydrogen-bond donors (Lipinski definition) is 1. The number of benzene rings is 1. The predicted octanol–water partition coefficient (Wildman–Crippen LogP) is 3.71. The molecule has 1 aliphatic heterocycles. The topological polar surface area (TPSA) is 92.3 Å². The van der Waals surface area contributed by atoms with E-state index in [2.05, 4.69) is 5.32 Å². The fourth-order valence-corrected chi connectivity index (χ4v) is 3.88. The first-order valence-electron chi connectivity index (χ1n) is 10.9. The van der Waals surface area contributed by atoms with Gasteiger partial charge in [0, 0.05) is 23.9 Å². The zero-order valence-corrected chi connectivity index (χ0v) is 20.5. The molecule has 1 aromatic rings. The number of carbonyl (C=O) groups is 2. The number of dihydropyridines is 1. The second-order valence-corrected chi connectivity index (χ2v) is 7.49. The lowest BCUT2D eigenvalue weighted by atomic mass is 9.80.